The molecule has 2 heterocycles. The summed E-state index contributed by atoms with van der Waals surface area (Å²) in [5.41, 5.74) is 1.94. The predicted octanol–water partition coefficient (Wildman–Crippen LogP) is 3.44. The summed E-state index contributed by atoms with van der Waals surface area (Å²) in [6, 6.07) is 5.92. The van der Waals surface area contributed by atoms with Crippen LogP contribution in [-0.2, 0) is 0 Å². The van der Waals surface area contributed by atoms with Crippen LogP contribution in [0.2, 0.25) is 0 Å². The smallest absolute Gasteiger partial charge is 0.0829 e. The Balaban J connectivity index is 2.11. The van der Waals surface area contributed by atoms with Gasteiger partial charge in [0.05, 0.1) is 17.8 Å². The first-order valence-corrected chi connectivity index (χ1v) is 6.68. The maximum atomic E-state index is 10.3. The second kappa shape index (κ2) is 5.53. The van der Waals surface area contributed by atoms with Crippen LogP contribution in [-0.4, -0.2) is 14.7 Å². The van der Waals surface area contributed by atoms with Gasteiger partial charge in [-0.05, 0) is 36.8 Å². The van der Waals surface area contributed by atoms with E-state index in [1.807, 2.05) is 28.9 Å². The Morgan fingerprint density at radius 3 is 2.72 bits per heavy atom. The Labute approximate surface area is 108 Å². The first-order valence-electron chi connectivity index (χ1n) is 6.68. The fraction of sp³-hybridized carbons (Fsp3) is 0.533. The molecule has 1 N–H and O–H groups in total. The molecule has 2 rings (SSSR count). The van der Waals surface area contributed by atoms with Gasteiger partial charge < -0.3 is 5.11 Å². The molecule has 0 aliphatic heterocycles. The molecule has 0 radical (unpaired) electrons. The van der Waals surface area contributed by atoms with Crippen LogP contribution >= 0.6 is 0 Å². The molecule has 98 valence electrons. The average molecular weight is 246 g/mol. The monoisotopic (exact) mass is 246 g/mol. The van der Waals surface area contributed by atoms with E-state index in [4.69, 9.17) is 0 Å². The lowest BCUT2D eigenvalue weighted by Crippen LogP contribution is -2.07. The molecule has 0 aliphatic rings. The van der Waals surface area contributed by atoms with Crippen LogP contribution in [0.25, 0.3) is 5.52 Å². The molecule has 3 heteroatoms. The van der Waals surface area contributed by atoms with E-state index >= 15 is 0 Å². The number of hydrogen-bond acceptors (Lipinski definition) is 2. The van der Waals surface area contributed by atoms with Crippen molar-refractivity contribution in [1.29, 1.82) is 0 Å². The quantitative estimate of drug-likeness (QED) is 0.877. The minimum atomic E-state index is -0.418. The van der Waals surface area contributed by atoms with Crippen LogP contribution in [0.15, 0.2) is 30.6 Å². The number of nitrogens with zero attached hydrogens (tertiary/aromatic N) is 2. The molecule has 0 aromatic carbocycles. The third-order valence-electron chi connectivity index (χ3n) is 3.31. The Bertz CT molecular complexity index is 504. The molecule has 0 saturated carbocycles. The standard InChI is InChI=1S/C15H22N2O/c1-11(2)8-12(3)9-15(18)13-10-16-17-7-5-4-6-14(13)17/h4-7,10-12,15,18H,8-9H2,1-3H3. The highest BCUT2D eigenvalue weighted by atomic mass is 16.3. The second-order valence-electron chi connectivity index (χ2n) is 5.62. The third kappa shape index (κ3) is 2.91. The zero-order chi connectivity index (χ0) is 13.1. The minimum absolute atomic E-state index is 0.418. The maximum Gasteiger partial charge on any atom is 0.0829 e. The molecule has 2 aromatic rings. The van der Waals surface area contributed by atoms with Gasteiger partial charge in [0.25, 0.3) is 0 Å². The van der Waals surface area contributed by atoms with Crippen molar-refractivity contribution in [2.24, 2.45) is 11.8 Å². The molecule has 0 bridgehead atoms. The number of aliphatic hydroxyl groups excluding tert-OH is 1. The molecule has 2 atom stereocenters. The molecule has 2 unspecified atom stereocenters. The van der Waals surface area contributed by atoms with E-state index in [1.165, 1.54) is 0 Å². The molecule has 2 aromatic heterocycles. The van der Waals surface area contributed by atoms with Crippen LogP contribution in [0.5, 0.6) is 0 Å². The summed E-state index contributed by atoms with van der Waals surface area (Å²) in [4.78, 5) is 0. The highest BCUT2D eigenvalue weighted by Gasteiger charge is 2.17. The number of fused-ring (bicyclic) bond motifs is 1. The van der Waals surface area contributed by atoms with E-state index in [0.29, 0.717) is 11.8 Å². The van der Waals surface area contributed by atoms with Gasteiger partial charge in [-0.15, -0.1) is 0 Å². The lowest BCUT2D eigenvalue weighted by Gasteiger charge is -2.17. The summed E-state index contributed by atoms with van der Waals surface area (Å²) in [5, 5.41) is 14.6. The predicted molar refractivity (Wildman–Crippen MR) is 73.4 cm³/mol. The normalized spacial score (nSPS) is 15.2. The number of hydrogen-bond donors (Lipinski definition) is 1. The molecule has 18 heavy (non-hydrogen) atoms. The minimum Gasteiger partial charge on any atom is -0.388 e. The number of aliphatic hydroxyl groups is 1. The Morgan fingerprint density at radius 2 is 2.00 bits per heavy atom. The lowest BCUT2D eigenvalue weighted by molar-refractivity contribution is 0.143. The fourth-order valence-electron chi connectivity index (χ4n) is 2.62. The van der Waals surface area contributed by atoms with Crippen molar-refractivity contribution in [3.05, 3.63) is 36.2 Å². The van der Waals surface area contributed by atoms with Gasteiger partial charge in [-0.25, -0.2) is 4.52 Å². The van der Waals surface area contributed by atoms with E-state index in [-0.39, 0.29) is 0 Å². The van der Waals surface area contributed by atoms with Crippen LogP contribution in [0.3, 0.4) is 0 Å². The molecule has 0 aliphatic carbocycles. The van der Waals surface area contributed by atoms with Crippen molar-refractivity contribution in [1.82, 2.24) is 9.61 Å². The SMILES string of the molecule is CC(C)CC(C)CC(O)c1cnn2ccccc12. The van der Waals surface area contributed by atoms with Crippen molar-refractivity contribution in [3.8, 4) is 0 Å². The van der Waals surface area contributed by atoms with Gasteiger partial charge in [0.1, 0.15) is 0 Å². The van der Waals surface area contributed by atoms with E-state index in [0.717, 1.165) is 23.9 Å². The maximum absolute atomic E-state index is 10.3. The van der Waals surface area contributed by atoms with E-state index < -0.39 is 6.10 Å². The fourth-order valence-corrected chi connectivity index (χ4v) is 2.62. The van der Waals surface area contributed by atoms with Crippen LogP contribution in [0.1, 0.15) is 45.3 Å². The van der Waals surface area contributed by atoms with Crippen molar-refractivity contribution >= 4 is 5.52 Å². The summed E-state index contributed by atoms with van der Waals surface area (Å²) in [7, 11) is 0. The van der Waals surface area contributed by atoms with E-state index in [9.17, 15) is 5.11 Å². The molecular weight excluding hydrogens is 224 g/mol. The molecule has 3 nitrogen and oxygen atoms in total. The van der Waals surface area contributed by atoms with Crippen molar-refractivity contribution in [2.45, 2.75) is 39.7 Å². The molecule has 0 amide bonds. The summed E-state index contributed by atoms with van der Waals surface area (Å²) < 4.78 is 1.81. The van der Waals surface area contributed by atoms with Crippen LogP contribution < -0.4 is 0 Å². The van der Waals surface area contributed by atoms with Crippen LogP contribution in [0, 0.1) is 11.8 Å². The lowest BCUT2D eigenvalue weighted by atomic mass is 9.92. The van der Waals surface area contributed by atoms with Gasteiger partial charge in [0.2, 0.25) is 0 Å². The van der Waals surface area contributed by atoms with E-state index in [1.54, 1.807) is 6.20 Å². The molecule has 0 saturated heterocycles. The topological polar surface area (TPSA) is 37.5 Å². The molecule has 0 fully saturated rings. The Morgan fingerprint density at radius 1 is 1.22 bits per heavy atom. The summed E-state index contributed by atoms with van der Waals surface area (Å²) in [6.45, 7) is 6.64. The molecule has 0 spiro atoms. The van der Waals surface area contributed by atoms with E-state index in [2.05, 4.69) is 25.9 Å². The van der Waals surface area contributed by atoms with Gasteiger partial charge in [-0.1, -0.05) is 26.8 Å². The first-order chi connectivity index (χ1) is 8.58. The Kier molecular flexibility index (Phi) is 4.02. The highest BCUT2D eigenvalue weighted by molar-refractivity contribution is 5.54. The summed E-state index contributed by atoms with van der Waals surface area (Å²) in [6.07, 6.45) is 5.22. The van der Waals surface area contributed by atoms with Gasteiger partial charge >= 0.3 is 0 Å². The van der Waals surface area contributed by atoms with Gasteiger partial charge in [0.15, 0.2) is 0 Å². The molecular formula is C15H22N2O. The highest BCUT2D eigenvalue weighted by Crippen LogP contribution is 2.27. The van der Waals surface area contributed by atoms with Crippen molar-refractivity contribution < 1.29 is 5.11 Å². The summed E-state index contributed by atoms with van der Waals surface area (Å²) >= 11 is 0. The average Bonchev–Trinajstić information content (AvgIpc) is 2.71. The zero-order valence-corrected chi connectivity index (χ0v) is 11.4. The zero-order valence-electron chi connectivity index (χ0n) is 11.4. The van der Waals surface area contributed by atoms with Crippen molar-refractivity contribution in [3.63, 3.8) is 0 Å². The van der Waals surface area contributed by atoms with Gasteiger partial charge in [-0.2, -0.15) is 5.10 Å². The van der Waals surface area contributed by atoms with Crippen LogP contribution in [0.4, 0.5) is 0 Å². The number of rotatable bonds is 5. The summed E-state index contributed by atoms with van der Waals surface area (Å²) in [5.74, 6) is 1.20. The van der Waals surface area contributed by atoms with Gasteiger partial charge in [-0.3, -0.25) is 0 Å². The third-order valence-corrected chi connectivity index (χ3v) is 3.31. The largest absolute Gasteiger partial charge is 0.388 e. The number of pyridine rings is 1. The second-order valence-corrected chi connectivity index (χ2v) is 5.62. The first kappa shape index (κ1) is 13.1. The van der Waals surface area contributed by atoms with Crippen molar-refractivity contribution in [2.75, 3.05) is 0 Å². The van der Waals surface area contributed by atoms with Gasteiger partial charge in [0, 0.05) is 11.8 Å². The number of aromatic nitrogens is 2. The Hall–Kier alpha value is -1.35.